The van der Waals surface area contributed by atoms with Gasteiger partial charge in [0, 0.05) is 15.7 Å². The van der Waals surface area contributed by atoms with Crippen LogP contribution in [0.25, 0.3) is 0 Å². The van der Waals surface area contributed by atoms with Crippen LogP contribution in [0, 0.1) is 5.82 Å². The molecule has 0 saturated carbocycles. The second kappa shape index (κ2) is 6.08. The molecule has 0 aromatic heterocycles. The van der Waals surface area contributed by atoms with Crippen LogP contribution in [0.1, 0.15) is 15.9 Å². The quantitative estimate of drug-likeness (QED) is 0.846. The number of aromatic carboxylic acids is 1. The Morgan fingerprint density at radius 1 is 1.26 bits per heavy atom. The van der Waals surface area contributed by atoms with Crippen LogP contribution in [-0.4, -0.2) is 11.1 Å². The summed E-state index contributed by atoms with van der Waals surface area (Å²) in [6, 6.07) is 11.1. The van der Waals surface area contributed by atoms with Crippen molar-refractivity contribution in [3.63, 3.8) is 0 Å². The highest BCUT2D eigenvalue weighted by Gasteiger charge is 2.11. The van der Waals surface area contributed by atoms with Crippen molar-refractivity contribution in [1.82, 2.24) is 0 Å². The predicted octanol–water partition coefficient (Wildman–Crippen LogP) is 4.47. The first-order chi connectivity index (χ1) is 9.06. The Balaban J connectivity index is 2.17. The molecule has 0 heterocycles. The molecule has 19 heavy (non-hydrogen) atoms. The summed E-state index contributed by atoms with van der Waals surface area (Å²) in [6.07, 6.45) is 0. The van der Waals surface area contributed by atoms with Crippen LogP contribution in [0.5, 0.6) is 0 Å². The Bertz CT molecular complexity index is 616. The first-order valence-electron chi connectivity index (χ1n) is 5.46. The Labute approximate surface area is 119 Å². The number of thioether (sulfide) groups is 1. The Kier molecular flexibility index (Phi) is 4.45. The minimum absolute atomic E-state index is 0.00507. The fourth-order valence-electron chi connectivity index (χ4n) is 1.59. The summed E-state index contributed by atoms with van der Waals surface area (Å²) in [5.74, 6) is -1.22. The molecule has 0 amide bonds. The minimum Gasteiger partial charge on any atom is -0.478 e. The van der Waals surface area contributed by atoms with E-state index >= 15 is 0 Å². The molecule has 0 bridgehead atoms. The third kappa shape index (κ3) is 3.72. The maximum absolute atomic E-state index is 13.0. The maximum Gasteiger partial charge on any atom is 0.336 e. The number of carboxylic acids is 1. The summed E-state index contributed by atoms with van der Waals surface area (Å²) in [4.78, 5) is 12.0. The molecule has 2 nitrogen and oxygen atoms in total. The third-order valence-electron chi connectivity index (χ3n) is 2.49. The lowest BCUT2D eigenvalue weighted by Gasteiger charge is -2.06. The van der Waals surface area contributed by atoms with Gasteiger partial charge in [-0.2, -0.15) is 0 Å². The molecule has 0 saturated heterocycles. The van der Waals surface area contributed by atoms with Crippen molar-refractivity contribution < 1.29 is 14.3 Å². The van der Waals surface area contributed by atoms with E-state index in [9.17, 15) is 9.18 Å². The van der Waals surface area contributed by atoms with Gasteiger partial charge < -0.3 is 5.11 Å². The molecule has 2 aromatic rings. The molecule has 0 unspecified atom stereocenters. The molecular weight excluding hydrogens is 287 g/mol. The van der Waals surface area contributed by atoms with Gasteiger partial charge >= 0.3 is 5.97 Å². The SMILES string of the molecule is O=C(O)c1cc(F)ccc1CSc1cccc(Cl)c1. The van der Waals surface area contributed by atoms with Gasteiger partial charge in [-0.1, -0.05) is 23.7 Å². The minimum atomic E-state index is -1.12. The fraction of sp³-hybridized carbons (Fsp3) is 0.0714. The van der Waals surface area contributed by atoms with Crippen molar-refractivity contribution in [1.29, 1.82) is 0 Å². The van der Waals surface area contributed by atoms with Crippen LogP contribution in [0.4, 0.5) is 4.39 Å². The van der Waals surface area contributed by atoms with Gasteiger partial charge in [0.25, 0.3) is 0 Å². The first kappa shape index (κ1) is 13.9. The highest BCUT2D eigenvalue weighted by Crippen LogP contribution is 2.26. The number of halogens is 2. The smallest absolute Gasteiger partial charge is 0.336 e. The highest BCUT2D eigenvalue weighted by atomic mass is 35.5. The van der Waals surface area contributed by atoms with Crippen molar-refractivity contribution in [2.75, 3.05) is 0 Å². The van der Waals surface area contributed by atoms with Crippen LogP contribution in [-0.2, 0) is 5.75 Å². The van der Waals surface area contributed by atoms with E-state index in [0.29, 0.717) is 16.3 Å². The predicted molar refractivity (Wildman–Crippen MR) is 74.4 cm³/mol. The summed E-state index contributed by atoms with van der Waals surface area (Å²) in [6.45, 7) is 0. The van der Waals surface area contributed by atoms with Crippen molar-refractivity contribution in [2.45, 2.75) is 10.6 Å². The molecule has 0 aliphatic carbocycles. The van der Waals surface area contributed by atoms with Crippen LogP contribution >= 0.6 is 23.4 Å². The molecule has 0 atom stereocenters. The average molecular weight is 297 g/mol. The van der Waals surface area contributed by atoms with Crippen LogP contribution in [0.2, 0.25) is 5.02 Å². The third-order valence-corrected chi connectivity index (χ3v) is 3.77. The van der Waals surface area contributed by atoms with Crippen molar-refractivity contribution in [2.24, 2.45) is 0 Å². The lowest BCUT2D eigenvalue weighted by Crippen LogP contribution is -2.02. The van der Waals surface area contributed by atoms with Gasteiger partial charge in [0.2, 0.25) is 0 Å². The molecule has 0 fully saturated rings. The van der Waals surface area contributed by atoms with E-state index in [1.165, 1.54) is 23.9 Å². The maximum atomic E-state index is 13.0. The van der Waals surface area contributed by atoms with Gasteiger partial charge in [-0.05, 0) is 35.9 Å². The molecule has 5 heteroatoms. The number of hydrogen-bond donors (Lipinski definition) is 1. The lowest BCUT2D eigenvalue weighted by atomic mass is 10.1. The van der Waals surface area contributed by atoms with Gasteiger partial charge in [-0.25, -0.2) is 9.18 Å². The Hall–Kier alpha value is -1.52. The van der Waals surface area contributed by atoms with Gasteiger partial charge in [-0.3, -0.25) is 0 Å². The molecule has 98 valence electrons. The van der Waals surface area contributed by atoms with Gasteiger partial charge in [0.05, 0.1) is 5.56 Å². The highest BCUT2D eigenvalue weighted by molar-refractivity contribution is 7.98. The molecule has 0 aliphatic rings. The van der Waals surface area contributed by atoms with Gasteiger partial charge in [0.1, 0.15) is 5.82 Å². The van der Waals surface area contributed by atoms with Gasteiger partial charge in [0.15, 0.2) is 0 Å². The second-order valence-electron chi connectivity index (χ2n) is 3.85. The summed E-state index contributed by atoms with van der Waals surface area (Å²) in [7, 11) is 0. The summed E-state index contributed by atoms with van der Waals surface area (Å²) >= 11 is 7.33. The monoisotopic (exact) mass is 296 g/mol. The van der Waals surface area contributed by atoms with Crippen LogP contribution in [0.3, 0.4) is 0 Å². The Morgan fingerprint density at radius 3 is 2.74 bits per heavy atom. The zero-order valence-corrected chi connectivity index (χ0v) is 11.3. The van der Waals surface area contributed by atoms with E-state index < -0.39 is 11.8 Å². The summed E-state index contributed by atoms with van der Waals surface area (Å²) in [5, 5.41) is 9.66. The molecule has 2 rings (SSSR count). The topological polar surface area (TPSA) is 37.3 Å². The largest absolute Gasteiger partial charge is 0.478 e. The molecule has 2 aromatic carbocycles. The van der Waals surface area contributed by atoms with Gasteiger partial charge in [-0.15, -0.1) is 11.8 Å². The standard InChI is InChI=1S/C14H10ClFO2S/c15-10-2-1-3-12(6-10)19-8-9-4-5-11(16)7-13(9)14(17)18/h1-7H,8H2,(H,17,18). The molecule has 1 N–H and O–H groups in total. The van der Waals surface area contributed by atoms with E-state index in [1.807, 2.05) is 12.1 Å². The molecule has 0 spiro atoms. The fourth-order valence-corrected chi connectivity index (χ4v) is 2.81. The lowest BCUT2D eigenvalue weighted by molar-refractivity contribution is 0.0695. The van der Waals surface area contributed by atoms with Crippen molar-refractivity contribution >= 4 is 29.3 Å². The van der Waals surface area contributed by atoms with E-state index in [2.05, 4.69) is 0 Å². The number of rotatable bonds is 4. The zero-order valence-electron chi connectivity index (χ0n) is 9.77. The molecule has 0 aliphatic heterocycles. The number of hydrogen-bond acceptors (Lipinski definition) is 2. The number of carboxylic acid groups (broad SMARTS) is 1. The van der Waals surface area contributed by atoms with E-state index in [1.54, 1.807) is 12.1 Å². The summed E-state index contributed by atoms with van der Waals surface area (Å²) < 4.78 is 13.0. The second-order valence-corrected chi connectivity index (χ2v) is 5.34. The Morgan fingerprint density at radius 2 is 2.05 bits per heavy atom. The molecule has 0 radical (unpaired) electrons. The molecular formula is C14H10ClFO2S. The number of carbonyl (C=O) groups is 1. The zero-order chi connectivity index (χ0) is 13.8. The van der Waals surface area contributed by atoms with Crippen LogP contribution < -0.4 is 0 Å². The normalized spacial score (nSPS) is 10.4. The van der Waals surface area contributed by atoms with Crippen LogP contribution in [0.15, 0.2) is 47.4 Å². The van der Waals surface area contributed by atoms with E-state index in [4.69, 9.17) is 16.7 Å². The van der Waals surface area contributed by atoms with E-state index in [-0.39, 0.29) is 5.56 Å². The first-order valence-corrected chi connectivity index (χ1v) is 6.83. The summed E-state index contributed by atoms with van der Waals surface area (Å²) in [5.41, 5.74) is 0.577. The average Bonchev–Trinajstić information content (AvgIpc) is 2.37. The van der Waals surface area contributed by atoms with Crippen molar-refractivity contribution in [3.05, 3.63) is 64.4 Å². The van der Waals surface area contributed by atoms with E-state index in [0.717, 1.165) is 11.0 Å². The number of benzene rings is 2. The van der Waals surface area contributed by atoms with Crippen molar-refractivity contribution in [3.8, 4) is 0 Å².